The van der Waals surface area contributed by atoms with Crippen LogP contribution in [0.5, 0.6) is 0 Å². The van der Waals surface area contributed by atoms with Gasteiger partial charge in [-0.25, -0.2) is 4.68 Å². The number of carbonyl (C=O) groups excluding carboxylic acids is 1. The molecule has 2 aromatic carbocycles. The summed E-state index contributed by atoms with van der Waals surface area (Å²) in [6.45, 7) is 3.13. The van der Waals surface area contributed by atoms with Gasteiger partial charge in [0.15, 0.2) is 0 Å². The topological polar surface area (TPSA) is 48.0 Å². The summed E-state index contributed by atoms with van der Waals surface area (Å²) < 4.78 is 6.11. The van der Waals surface area contributed by atoms with Crippen LogP contribution in [0, 0.1) is 6.92 Å². The monoisotopic (exact) mass is 433 g/mol. The minimum Gasteiger partial charge on any atom is -0.328 e. The van der Waals surface area contributed by atoms with Crippen LogP contribution >= 0.6 is 0 Å². The van der Waals surface area contributed by atoms with E-state index in [0.29, 0.717) is 18.7 Å². The van der Waals surface area contributed by atoms with Gasteiger partial charge in [0.1, 0.15) is 5.82 Å². The lowest BCUT2D eigenvalue weighted by molar-refractivity contribution is 0.0749. The van der Waals surface area contributed by atoms with Crippen molar-refractivity contribution in [3.8, 4) is 17.2 Å². The number of nitrogens with zero attached hydrogens (tertiary/aromatic N) is 5. The molecule has 1 amide bonds. The average Bonchev–Trinajstić information content (AvgIpc) is 3.63. The molecule has 6 heteroatoms. The van der Waals surface area contributed by atoms with Gasteiger partial charge in [0, 0.05) is 41.6 Å². The lowest BCUT2D eigenvalue weighted by atomic mass is 10.2. The van der Waals surface area contributed by atoms with E-state index in [4.69, 9.17) is 5.10 Å². The number of benzene rings is 2. The highest BCUT2D eigenvalue weighted by molar-refractivity contribution is 5.94. The van der Waals surface area contributed by atoms with Gasteiger partial charge in [0.2, 0.25) is 0 Å². The first-order chi connectivity index (χ1) is 16.2. The third kappa shape index (κ3) is 3.27. The molecule has 0 aliphatic carbocycles. The van der Waals surface area contributed by atoms with Crippen molar-refractivity contribution < 1.29 is 4.79 Å². The van der Waals surface area contributed by atoms with Crippen LogP contribution in [-0.2, 0) is 13.1 Å². The van der Waals surface area contributed by atoms with Crippen molar-refractivity contribution in [1.82, 2.24) is 23.8 Å². The van der Waals surface area contributed by atoms with E-state index in [1.165, 1.54) is 0 Å². The van der Waals surface area contributed by atoms with Gasteiger partial charge in [-0.3, -0.25) is 4.79 Å². The number of rotatable bonds is 4. The fourth-order valence-corrected chi connectivity index (χ4v) is 4.52. The highest BCUT2D eigenvalue weighted by Gasteiger charge is 2.32. The number of hydrogen-bond donors (Lipinski definition) is 0. The van der Waals surface area contributed by atoms with Crippen LogP contribution in [0.4, 0.5) is 0 Å². The maximum atomic E-state index is 13.3. The zero-order valence-electron chi connectivity index (χ0n) is 18.3. The Morgan fingerprint density at radius 3 is 2.15 bits per heavy atom. The van der Waals surface area contributed by atoms with Gasteiger partial charge in [-0.1, -0.05) is 18.2 Å². The molecule has 6 nitrogen and oxygen atoms in total. The standard InChI is InChI=1S/C27H23N5O/c1-20-8-2-3-9-25(20)32-26(30-16-6-7-17-30)23-18-31(19-24(23)28-32)27(33)21-10-12-22(13-11-21)29-14-4-5-15-29/h2-17H,18-19H2,1H3. The Morgan fingerprint density at radius 2 is 1.45 bits per heavy atom. The molecule has 0 unspecified atom stereocenters. The van der Waals surface area contributed by atoms with E-state index in [1.54, 1.807) is 0 Å². The molecule has 0 saturated heterocycles. The second kappa shape index (κ2) is 7.67. The van der Waals surface area contributed by atoms with Gasteiger partial charge in [0.25, 0.3) is 5.91 Å². The van der Waals surface area contributed by atoms with E-state index in [0.717, 1.165) is 34.0 Å². The molecule has 0 saturated carbocycles. The molecule has 3 aromatic heterocycles. The SMILES string of the molecule is Cc1ccccc1-n1nc2c(c1-n1cccc1)CN(C(=O)c1ccc(-n3cccc3)cc1)C2. The van der Waals surface area contributed by atoms with E-state index in [2.05, 4.69) is 23.6 Å². The molecule has 162 valence electrons. The van der Waals surface area contributed by atoms with Crippen molar-refractivity contribution in [2.75, 3.05) is 0 Å². The lowest BCUT2D eigenvalue weighted by Crippen LogP contribution is -2.26. The van der Waals surface area contributed by atoms with E-state index < -0.39 is 0 Å². The van der Waals surface area contributed by atoms with E-state index >= 15 is 0 Å². The van der Waals surface area contributed by atoms with Gasteiger partial charge in [-0.2, -0.15) is 5.10 Å². The molecular weight excluding hydrogens is 410 g/mol. The van der Waals surface area contributed by atoms with Crippen LogP contribution in [0.2, 0.25) is 0 Å². The Kier molecular flexibility index (Phi) is 4.50. The number of amides is 1. The Morgan fingerprint density at radius 1 is 0.788 bits per heavy atom. The van der Waals surface area contributed by atoms with Gasteiger partial charge < -0.3 is 14.0 Å². The van der Waals surface area contributed by atoms with Crippen molar-refractivity contribution >= 4 is 5.91 Å². The zero-order valence-corrected chi connectivity index (χ0v) is 18.3. The van der Waals surface area contributed by atoms with Crippen molar-refractivity contribution in [2.45, 2.75) is 20.0 Å². The number of aromatic nitrogens is 4. The van der Waals surface area contributed by atoms with Crippen molar-refractivity contribution in [3.05, 3.63) is 120 Å². The fraction of sp³-hybridized carbons (Fsp3) is 0.111. The molecule has 1 aliphatic heterocycles. The molecule has 1 aliphatic rings. The Balaban J connectivity index is 1.32. The molecule has 6 rings (SSSR count). The second-order valence-corrected chi connectivity index (χ2v) is 8.34. The van der Waals surface area contributed by atoms with E-state index in [1.807, 2.05) is 99.6 Å². The molecule has 4 heterocycles. The summed E-state index contributed by atoms with van der Waals surface area (Å²) in [6.07, 6.45) is 8.03. The molecule has 5 aromatic rings. The van der Waals surface area contributed by atoms with Crippen molar-refractivity contribution in [3.63, 3.8) is 0 Å². The predicted octanol–water partition coefficient (Wildman–Crippen LogP) is 4.92. The number of fused-ring (bicyclic) bond motifs is 1. The van der Waals surface area contributed by atoms with Crippen LogP contribution in [0.1, 0.15) is 27.2 Å². The van der Waals surface area contributed by atoms with Crippen LogP contribution in [-0.4, -0.2) is 29.7 Å². The third-order valence-corrected chi connectivity index (χ3v) is 6.23. The van der Waals surface area contributed by atoms with Gasteiger partial charge >= 0.3 is 0 Å². The smallest absolute Gasteiger partial charge is 0.254 e. The van der Waals surface area contributed by atoms with Crippen molar-refractivity contribution in [2.24, 2.45) is 0 Å². The normalized spacial score (nSPS) is 12.8. The molecule has 33 heavy (non-hydrogen) atoms. The van der Waals surface area contributed by atoms with Crippen LogP contribution < -0.4 is 0 Å². The summed E-state index contributed by atoms with van der Waals surface area (Å²) >= 11 is 0. The Bertz CT molecular complexity index is 1430. The number of carbonyl (C=O) groups is 1. The lowest BCUT2D eigenvalue weighted by Gasteiger charge is -2.18. The molecule has 0 fully saturated rings. The first-order valence-corrected chi connectivity index (χ1v) is 11.0. The maximum Gasteiger partial charge on any atom is 0.254 e. The Hall–Kier alpha value is -4.32. The number of hydrogen-bond acceptors (Lipinski definition) is 2. The van der Waals surface area contributed by atoms with Gasteiger partial charge in [-0.05, 0) is 67.1 Å². The first-order valence-electron chi connectivity index (χ1n) is 11.0. The van der Waals surface area contributed by atoms with Crippen LogP contribution in [0.25, 0.3) is 17.2 Å². The zero-order chi connectivity index (χ0) is 22.4. The minimum atomic E-state index is 0.0213. The molecular formula is C27H23N5O. The quantitative estimate of drug-likeness (QED) is 0.404. The highest BCUT2D eigenvalue weighted by Crippen LogP contribution is 2.32. The summed E-state index contributed by atoms with van der Waals surface area (Å²) in [5, 5.41) is 4.95. The van der Waals surface area contributed by atoms with E-state index in [9.17, 15) is 4.79 Å². The highest BCUT2D eigenvalue weighted by atomic mass is 16.2. The molecule has 0 atom stereocenters. The summed E-state index contributed by atoms with van der Waals surface area (Å²) in [5.74, 6) is 1.01. The molecule has 0 bridgehead atoms. The third-order valence-electron chi connectivity index (χ3n) is 6.23. The van der Waals surface area contributed by atoms with Gasteiger partial charge in [-0.15, -0.1) is 0 Å². The first kappa shape index (κ1) is 19.4. The summed E-state index contributed by atoms with van der Waals surface area (Å²) in [7, 11) is 0. The van der Waals surface area contributed by atoms with Gasteiger partial charge in [0.05, 0.1) is 24.5 Å². The summed E-state index contributed by atoms with van der Waals surface area (Å²) in [4.78, 5) is 15.2. The summed E-state index contributed by atoms with van der Waals surface area (Å²) in [6, 6.07) is 24.0. The van der Waals surface area contributed by atoms with Crippen molar-refractivity contribution in [1.29, 1.82) is 0 Å². The molecule has 0 N–H and O–H groups in total. The summed E-state index contributed by atoms with van der Waals surface area (Å²) in [5.41, 5.74) is 5.96. The average molecular weight is 434 g/mol. The number of aryl methyl sites for hydroxylation is 1. The number of para-hydroxylation sites is 1. The minimum absolute atomic E-state index is 0.0213. The largest absolute Gasteiger partial charge is 0.328 e. The fourth-order valence-electron chi connectivity index (χ4n) is 4.52. The maximum absolute atomic E-state index is 13.3. The Labute approximate surface area is 191 Å². The van der Waals surface area contributed by atoms with Crippen LogP contribution in [0.15, 0.2) is 97.6 Å². The molecule has 0 radical (unpaired) electrons. The predicted molar refractivity (Wildman–Crippen MR) is 127 cm³/mol. The molecule has 0 spiro atoms. The second-order valence-electron chi connectivity index (χ2n) is 8.34. The van der Waals surface area contributed by atoms with E-state index in [-0.39, 0.29) is 5.91 Å². The van der Waals surface area contributed by atoms with Crippen LogP contribution in [0.3, 0.4) is 0 Å².